The molecule has 80 valence electrons. The molecule has 0 bridgehead atoms. The van der Waals surface area contributed by atoms with Crippen molar-refractivity contribution in [2.24, 2.45) is 5.41 Å². The highest BCUT2D eigenvalue weighted by molar-refractivity contribution is 8.00. The first kappa shape index (κ1) is 10.3. The van der Waals surface area contributed by atoms with E-state index in [9.17, 15) is 4.79 Å². The summed E-state index contributed by atoms with van der Waals surface area (Å²) in [6, 6.07) is 0. The minimum Gasteiger partial charge on any atom is -0.479 e. The van der Waals surface area contributed by atoms with Crippen molar-refractivity contribution in [1.82, 2.24) is 0 Å². The Bertz CT molecular complexity index is 232. The number of carbonyl (C=O) groups is 1. The van der Waals surface area contributed by atoms with Crippen LogP contribution in [-0.4, -0.2) is 35.3 Å². The maximum Gasteiger partial charge on any atom is 0.333 e. The van der Waals surface area contributed by atoms with E-state index in [1.165, 1.54) is 19.3 Å². The summed E-state index contributed by atoms with van der Waals surface area (Å²) in [6.07, 6.45) is 3.86. The third-order valence-corrected chi connectivity index (χ3v) is 5.01. The molecule has 0 aromatic carbocycles. The van der Waals surface area contributed by atoms with Crippen LogP contribution in [0.1, 0.15) is 25.7 Å². The second kappa shape index (κ2) is 3.74. The SMILES string of the molecule is COC(C(=O)O)C1(C2CCCS2)CC1. The lowest BCUT2D eigenvalue weighted by molar-refractivity contribution is -0.153. The van der Waals surface area contributed by atoms with Gasteiger partial charge in [-0.1, -0.05) is 0 Å². The van der Waals surface area contributed by atoms with E-state index in [4.69, 9.17) is 9.84 Å². The highest BCUT2D eigenvalue weighted by atomic mass is 32.2. The maximum absolute atomic E-state index is 11.0. The van der Waals surface area contributed by atoms with Gasteiger partial charge in [0.05, 0.1) is 0 Å². The van der Waals surface area contributed by atoms with Crippen molar-refractivity contribution in [3.63, 3.8) is 0 Å². The Hall–Kier alpha value is -0.220. The van der Waals surface area contributed by atoms with Gasteiger partial charge in [-0.05, 0) is 31.4 Å². The number of aliphatic carboxylic acids is 1. The van der Waals surface area contributed by atoms with Gasteiger partial charge >= 0.3 is 5.97 Å². The van der Waals surface area contributed by atoms with E-state index in [0.29, 0.717) is 5.25 Å². The summed E-state index contributed by atoms with van der Waals surface area (Å²) in [7, 11) is 1.51. The van der Waals surface area contributed by atoms with Crippen molar-refractivity contribution >= 4 is 17.7 Å². The first-order valence-electron chi connectivity index (χ1n) is 5.08. The van der Waals surface area contributed by atoms with Crippen LogP contribution in [0.15, 0.2) is 0 Å². The van der Waals surface area contributed by atoms with Crippen LogP contribution in [0.4, 0.5) is 0 Å². The fourth-order valence-corrected chi connectivity index (χ4v) is 4.15. The Morgan fingerprint density at radius 2 is 2.36 bits per heavy atom. The Kier molecular flexibility index (Phi) is 2.75. The van der Waals surface area contributed by atoms with E-state index in [0.717, 1.165) is 19.3 Å². The monoisotopic (exact) mass is 216 g/mol. The Labute approximate surface area is 88.2 Å². The zero-order chi connectivity index (χ0) is 10.2. The van der Waals surface area contributed by atoms with Crippen LogP contribution in [0.25, 0.3) is 0 Å². The van der Waals surface area contributed by atoms with Crippen LogP contribution >= 0.6 is 11.8 Å². The second-order valence-corrected chi connectivity index (χ2v) is 5.50. The van der Waals surface area contributed by atoms with Gasteiger partial charge in [0.25, 0.3) is 0 Å². The lowest BCUT2D eigenvalue weighted by Crippen LogP contribution is -2.38. The van der Waals surface area contributed by atoms with Crippen molar-refractivity contribution in [1.29, 1.82) is 0 Å². The molecule has 1 saturated carbocycles. The van der Waals surface area contributed by atoms with Crippen molar-refractivity contribution in [3.05, 3.63) is 0 Å². The lowest BCUT2D eigenvalue weighted by atomic mass is 9.92. The maximum atomic E-state index is 11.0. The molecule has 2 aliphatic rings. The third kappa shape index (κ3) is 1.54. The Morgan fingerprint density at radius 3 is 2.71 bits per heavy atom. The molecule has 2 unspecified atom stereocenters. The topological polar surface area (TPSA) is 46.5 Å². The molecule has 1 saturated heterocycles. The zero-order valence-corrected chi connectivity index (χ0v) is 9.18. The van der Waals surface area contributed by atoms with Gasteiger partial charge < -0.3 is 9.84 Å². The van der Waals surface area contributed by atoms with Crippen molar-refractivity contribution in [3.8, 4) is 0 Å². The molecule has 0 aromatic heterocycles. The van der Waals surface area contributed by atoms with E-state index < -0.39 is 12.1 Å². The molecule has 3 nitrogen and oxygen atoms in total. The molecule has 1 heterocycles. The first-order chi connectivity index (χ1) is 6.70. The Morgan fingerprint density at radius 1 is 1.64 bits per heavy atom. The van der Waals surface area contributed by atoms with Gasteiger partial charge in [0, 0.05) is 17.8 Å². The summed E-state index contributed by atoms with van der Waals surface area (Å²) >= 11 is 1.93. The van der Waals surface area contributed by atoms with Gasteiger partial charge in [0.2, 0.25) is 0 Å². The van der Waals surface area contributed by atoms with Gasteiger partial charge in [0.15, 0.2) is 6.10 Å². The number of carboxylic acids is 1. The largest absolute Gasteiger partial charge is 0.479 e. The summed E-state index contributed by atoms with van der Waals surface area (Å²) in [5.74, 6) is 0.389. The highest BCUT2D eigenvalue weighted by Crippen LogP contribution is 2.59. The molecular formula is C10H16O3S. The summed E-state index contributed by atoms with van der Waals surface area (Å²) in [5, 5.41) is 9.59. The summed E-state index contributed by atoms with van der Waals surface area (Å²) in [4.78, 5) is 11.0. The van der Waals surface area contributed by atoms with Crippen molar-refractivity contribution < 1.29 is 14.6 Å². The van der Waals surface area contributed by atoms with Crippen molar-refractivity contribution in [2.75, 3.05) is 12.9 Å². The van der Waals surface area contributed by atoms with Gasteiger partial charge in [-0.15, -0.1) is 0 Å². The molecule has 14 heavy (non-hydrogen) atoms. The average Bonchev–Trinajstić information content (AvgIpc) is 2.76. The van der Waals surface area contributed by atoms with Gasteiger partial charge in [-0.25, -0.2) is 4.79 Å². The number of thioether (sulfide) groups is 1. The number of hydrogen-bond donors (Lipinski definition) is 1. The van der Waals surface area contributed by atoms with Crippen LogP contribution in [0.5, 0.6) is 0 Å². The fraction of sp³-hybridized carbons (Fsp3) is 0.900. The van der Waals surface area contributed by atoms with E-state index in [-0.39, 0.29) is 5.41 Å². The molecule has 1 aliphatic carbocycles. The van der Waals surface area contributed by atoms with Crippen LogP contribution in [-0.2, 0) is 9.53 Å². The minimum atomic E-state index is -0.794. The zero-order valence-electron chi connectivity index (χ0n) is 8.36. The number of hydrogen-bond acceptors (Lipinski definition) is 3. The lowest BCUT2D eigenvalue weighted by Gasteiger charge is -2.27. The van der Waals surface area contributed by atoms with Gasteiger partial charge in [-0.3, -0.25) is 0 Å². The smallest absolute Gasteiger partial charge is 0.333 e. The molecule has 0 radical (unpaired) electrons. The normalized spacial score (nSPS) is 31.4. The predicted molar refractivity (Wildman–Crippen MR) is 55.6 cm³/mol. The van der Waals surface area contributed by atoms with Crippen molar-refractivity contribution in [2.45, 2.75) is 37.0 Å². The van der Waals surface area contributed by atoms with Crippen LogP contribution < -0.4 is 0 Å². The average molecular weight is 216 g/mol. The van der Waals surface area contributed by atoms with Crippen LogP contribution in [0, 0.1) is 5.41 Å². The fourth-order valence-electron chi connectivity index (χ4n) is 2.51. The third-order valence-electron chi connectivity index (χ3n) is 3.38. The predicted octanol–water partition coefficient (Wildman–Crippen LogP) is 1.76. The molecule has 1 aliphatic heterocycles. The molecule has 2 atom stereocenters. The summed E-state index contributed by atoms with van der Waals surface area (Å²) in [5.41, 5.74) is -0.0399. The summed E-state index contributed by atoms with van der Waals surface area (Å²) < 4.78 is 5.14. The van der Waals surface area contributed by atoms with Gasteiger partial charge in [0.1, 0.15) is 0 Å². The molecule has 2 rings (SSSR count). The summed E-state index contributed by atoms with van der Waals surface area (Å²) in [6.45, 7) is 0. The Balaban J connectivity index is 2.09. The second-order valence-electron chi connectivity index (χ2n) is 4.19. The van der Waals surface area contributed by atoms with Crippen LogP contribution in [0.3, 0.4) is 0 Å². The molecule has 2 fully saturated rings. The first-order valence-corrected chi connectivity index (χ1v) is 6.13. The molecule has 0 amide bonds. The minimum absolute atomic E-state index is 0.0399. The van der Waals surface area contributed by atoms with Crippen LogP contribution in [0.2, 0.25) is 0 Å². The highest BCUT2D eigenvalue weighted by Gasteiger charge is 2.58. The standard InChI is InChI=1S/C10H16O3S/c1-13-8(9(11)12)10(4-5-10)7-3-2-6-14-7/h7-8H,2-6H2,1H3,(H,11,12). The van der Waals surface area contributed by atoms with E-state index in [2.05, 4.69) is 0 Å². The molecule has 0 aromatic rings. The number of methoxy groups -OCH3 is 1. The van der Waals surface area contributed by atoms with E-state index >= 15 is 0 Å². The molecular weight excluding hydrogens is 200 g/mol. The van der Waals surface area contributed by atoms with E-state index in [1.807, 2.05) is 11.8 Å². The van der Waals surface area contributed by atoms with E-state index in [1.54, 1.807) is 0 Å². The molecule has 0 spiro atoms. The number of ether oxygens (including phenoxy) is 1. The molecule has 1 N–H and O–H groups in total. The van der Waals surface area contributed by atoms with Gasteiger partial charge in [-0.2, -0.15) is 11.8 Å². The number of carboxylic acid groups (broad SMARTS) is 1. The number of rotatable bonds is 4. The molecule has 4 heteroatoms. The quantitative estimate of drug-likeness (QED) is 0.778.